The minimum absolute atomic E-state index is 0.0277. The summed E-state index contributed by atoms with van der Waals surface area (Å²) in [5.41, 5.74) is 10.9. The molecule has 0 unspecified atom stereocenters. The van der Waals surface area contributed by atoms with E-state index in [1.165, 1.54) is 0 Å². The zero-order valence-corrected chi connectivity index (χ0v) is 8.90. The molecule has 0 saturated carbocycles. The molecule has 0 aliphatic rings. The van der Waals surface area contributed by atoms with Gasteiger partial charge in [-0.2, -0.15) is 0 Å². The molecule has 0 radical (unpaired) electrons. The monoisotopic (exact) mass is 203 g/mol. The molecule has 1 aromatic carbocycles. The third-order valence-corrected chi connectivity index (χ3v) is 2.18. The van der Waals surface area contributed by atoms with Crippen molar-refractivity contribution in [3.05, 3.63) is 45.3 Å². The summed E-state index contributed by atoms with van der Waals surface area (Å²) in [5, 5.41) is 3.34. The van der Waals surface area contributed by atoms with Crippen LogP contribution in [0.4, 0.5) is 0 Å². The molecule has 0 spiro atoms. The fraction of sp³-hybridized carbons (Fsp3) is 0.364. The molecule has 0 aliphatic heterocycles. The first-order chi connectivity index (χ1) is 7.15. The quantitative estimate of drug-likeness (QED) is 0.320. The third-order valence-electron chi connectivity index (χ3n) is 2.18. The number of nitrogens with zero attached hydrogens (tertiary/aromatic N) is 3. The highest BCUT2D eigenvalue weighted by atomic mass is 16.1. The van der Waals surface area contributed by atoms with E-state index in [1.807, 2.05) is 32.0 Å². The highest BCUT2D eigenvalue weighted by Crippen LogP contribution is 2.12. The number of hydrogen-bond donors (Lipinski definition) is 0. The Labute approximate surface area is 88.6 Å². The number of carbonyl (C=O) groups excluding carboxylic acids is 1. The smallest absolute Gasteiger partial charge is 0.163 e. The molecule has 0 amide bonds. The van der Waals surface area contributed by atoms with Gasteiger partial charge in [-0.05, 0) is 24.9 Å². The first-order valence-corrected chi connectivity index (χ1v) is 4.76. The predicted octanol–water partition coefficient (Wildman–Crippen LogP) is 3.19. The van der Waals surface area contributed by atoms with Crippen molar-refractivity contribution in [3.63, 3.8) is 0 Å². The second-order valence-corrected chi connectivity index (χ2v) is 3.45. The van der Waals surface area contributed by atoms with Gasteiger partial charge in [0.1, 0.15) is 0 Å². The largest absolute Gasteiger partial charge is 0.294 e. The van der Waals surface area contributed by atoms with Crippen molar-refractivity contribution in [2.45, 2.75) is 20.3 Å². The normalized spacial score (nSPS) is 9.47. The average Bonchev–Trinajstić information content (AvgIpc) is 2.17. The molecule has 4 nitrogen and oxygen atoms in total. The molecule has 4 heteroatoms. The zero-order chi connectivity index (χ0) is 11.3. The van der Waals surface area contributed by atoms with Gasteiger partial charge in [0.05, 0.1) is 0 Å². The number of ketones is 1. The molecule has 0 fully saturated rings. The van der Waals surface area contributed by atoms with Gasteiger partial charge in [0.15, 0.2) is 5.78 Å². The number of hydrogen-bond acceptors (Lipinski definition) is 2. The third kappa shape index (κ3) is 3.11. The number of aryl methyl sites for hydroxylation is 2. The lowest BCUT2D eigenvalue weighted by molar-refractivity contribution is 0.0985. The van der Waals surface area contributed by atoms with Crippen LogP contribution in [0.5, 0.6) is 0 Å². The minimum atomic E-state index is 0.0277. The van der Waals surface area contributed by atoms with Gasteiger partial charge < -0.3 is 0 Å². The molecular weight excluding hydrogens is 190 g/mol. The summed E-state index contributed by atoms with van der Waals surface area (Å²) in [4.78, 5) is 14.3. The van der Waals surface area contributed by atoms with E-state index >= 15 is 0 Å². The van der Waals surface area contributed by atoms with Crippen molar-refractivity contribution in [1.82, 2.24) is 0 Å². The van der Waals surface area contributed by atoms with Gasteiger partial charge in [0.25, 0.3) is 0 Å². The van der Waals surface area contributed by atoms with Gasteiger partial charge in [-0.25, -0.2) is 0 Å². The Morgan fingerprint density at radius 3 is 2.80 bits per heavy atom. The van der Waals surface area contributed by atoms with Crippen LogP contribution < -0.4 is 0 Å². The fourth-order valence-corrected chi connectivity index (χ4v) is 1.46. The molecule has 15 heavy (non-hydrogen) atoms. The van der Waals surface area contributed by atoms with Gasteiger partial charge in [0.2, 0.25) is 0 Å². The second kappa shape index (κ2) is 5.17. The van der Waals surface area contributed by atoms with E-state index in [1.54, 1.807) is 0 Å². The first kappa shape index (κ1) is 11.3. The van der Waals surface area contributed by atoms with Crippen LogP contribution >= 0.6 is 0 Å². The fourth-order valence-electron chi connectivity index (χ4n) is 1.46. The van der Waals surface area contributed by atoms with E-state index in [2.05, 4.69) is 10.0 Å². The van der Waals surface area contributed by atoms with Crippen molar-refractivity contribution < 1.29 is 4.79 Å². The van der Waals surface area contributed by atoms with Crippen molar-refractivity contribution in [2.24, 2.45) is 5.11 Å². The minimum Gasteiger partial charge on any atom is -0.294 e. The summed E-state index contributed by atoms with van der Waals surface area (Å²) in [6, 6.07) is 5.71. The van der Waals surface area contributed by atoms with E-state index < -0.39 is 0 Å². The lowest BCUT2D eigenvalue weighted by Crippen LogP contribution is -2.03. The molecular formula is C11H13N3O. The van der Waals surface area contributed by atoms with Crippen LogP contribution in [-0.2, 0) is 0 Å². The van der Waals surface area contributed by atoms with Crippen LogP contribution in [0.1, 0.15) is 27.9 Å². The summed E-state index contributed by atoms with van der Waals surface area (Å²) in [7, 11) is 0. The van der Waals surface area contributed by atoms with Crippen LogP contribution in [0.3, 0.4) is 0 Å². The molecule has 0 N–H and O–H groups in total. The van der Waals surface area contributed by atoms with E-state index in [-0.39, 0.29) is 18.7 Å². The average molecular weight is 203 g/mol. The van der Waals surface area contributed by atoms with E-state index in [0.29, 0.717) is 5.56 Å². The second-order valence-electron chi connectivity index (χ2n) is 3.45. The van der Waals surface area contributed by atoms with Gasteiger partial charge >= 0.3 is 0 Å². The van der Waals surface area contributed by atoms with E-state index in [9.17, 15) is 4.79 Å². The summed E-state index contributed by atoms with van der Waals surface area (Å²) in [6.45, 7) is 4.12. The molecule has 0 saturated heterocycles. The SMILES string of the molecule is Cc1ccc(C(=O)CCN=[N+]=[N-])c(C)c1. The van der Waals surface area contributed by atoms with Gasteiger partial charge in [0, 0.05) is 23.4 Å². The Hall–Kier alpha value is -1.80. The Bertz CT molecular complexity index is 420. The number of rotatable bonds is 4. The van der Waals surface area contributed by atoms with Gasteiger partial charge in [-0.3, -0.25) is 4.79 Å². The molecule has 0 bridgehead atoms. The summed E-state index contributed by atoms with van der Waals surface area (Å²) >= 11 is 0. The van der Waals surface area contributed by atoms with E-state index in [4.69, 9.17) is 5.53 Å². The number of Topliss-reactive ketones (excluding diaryl/α,β-unsaturated/α-hetero) is 1. The molecule has 0 heterocycles. The lowest BCUT2D eigenvalue weighted by Gasteiger charge is -2.04. The van der Waals surface area contributed by atoms with Crippen molar-refractivity contribution in [3.8, 4) is 0 Å². The maximum absolute atomic E-state index is 11.7. The summed E-state index contributed by atoms with van der Waals surface area (Å²) in [5.74, 6) is 0.0277. The molecule has 1 aromatic rings. The molecule has 0 aromatic heterocycles. The van der Waals surface area contributed by atoms with Gasteiger partial charge in [-0.15, -0.1) is 0 Å². The maximum atomic E-state index is 11.7. The topological polar surface area (TPSA) is 65.8 Å². The molecule has 78 valence electrons. The Balaban J connectivity index is 2.77. The number of carbonyl (C=O) groups is 1. The van der Waals surface area contributed by atoms with E-state index in [0.717, 1.165) is 11.1 Å². The maximum Gasteiger partial charge on any atom is 0.163 e. The Morgan fingerprint density at radius 1 is 1.47 bits per heavy atom. The van der Waals surface area contributed by atoms with Gasteiger partial charge in [-0.1, -0.05) is 28.9 Å². The number of azide groups is 1. The number of benzene rings is 1. The molecule has 1 rings (SSSR count). The summed E-state index contributed by atoms with van der Waals surface area (Å²) in [6.07, 6.45) is 0.272. The summed E-state index contributed by atoms with van der Waals surface area (Å²) < 4.78 is 0. The Morgan fingerprint density at radius 2 is 2.20 bits per heavy atom. The zero-order valence-electron chi connectivity index (χ0n) is 8.90. The van der Waals surface area contributed by atoms with Crippen LogP contribution in [0.15, 0.2) is 23.3 Å². The van der Waals surface area contributed by atoms with Crippen LogP contribution in [0.25, 0.3) is 10.4 Å². The highest BCUT2D eigenvalue weighted by Gasteiger charge is 2.07. The molecule has 0 aliphatic carbocycles. The van der Waals surface area contributed by atoms with Crippen molar-refractivity contribution in [1.29, 1.82) is 0 Å². The molecule has 0 atom stereocenters. The van der Waals surface area contributed by atoms with Crippen molar-refractivity contribution >= 4 is 5.78 Å². The van der Waals surface area contributed by atoms with Crippen LogP contribution in [0, 0.1) is 13.8 Å². The highest BCUT2D eigenvalue weighted by molar-refractivity contribution is 5.97. The van der Waals surface area contributed by atoms with Crippen molar-refractivity contribution in [2.75, 3.05) is 6.54 Å². The van der Waals surface area contributed by atoms with Crippen LogP contribution in [0.2, 0.25) is 0 Å². The predicted molar refractivity (Wildman–Crippen MR) is 58.9 cm³/mol. The lowest BCUT2D eigenvalue weighted by atomic mass is 10.0. The van der Waals surface area contributed by atoms with Crippen LogP contribution in [-0.4, -0.2) is 12.3 Å². The first-order valence-electron chi connectivity index (χ1n) is 4.76. The Kier molecular flexibility index (Phi) is 3.89. The standard InChI is InChI=1S/C11H13N3O/c1-8-3-4-10(9(2)7-8)11(15)5-6-13-14-12/h3-4,7H,5-6H2,1-2H3.